The maximum absolute atomic E-state index is 11.9. The van der Waals surface area contributed by atoms with E-state index in [0.717, 1.165) is 16.7 Å². The van der Waals surface area contributed by atoms with Crippen LogP contribution in [0.4, 0.5) is 0 Å². The summed E-state index contributed by atoms with van der Waals surface area (Å²) in [5.41, 5.74) is 3.15. The molecule has 0 aromatic heterocycles. The summed E-state index contributed by atoms with van der Waals surface area (Å²) in [6.07, 6.45) is 0. The SMILES string of the molecule is COC(=O)c1ccc2c(c1)-c1ccc(OCc3ccccc3)cc1OCO2. The third-order valence-electron chi connectivity index (χ3n) is 4.32. The highest BCUT2D eigenvalue weighted by molar-refractivity contribution is 5.92. The average Bonchev–Trinajstić information content (AvgIpc) is 2.90. The second-order valence-electron chi connectivity index (χ2n) is 6.04. The van der Waals surface area contributed by atoms with Gasteiger partial charge in [0.15, 0.2) is 0 Å². The molecular formula is C22H18O5. The monoisotopic (exact) mass is 362 g/mol. The fourth-order valence-corrected chi connectivity index (χ4v) is 2.94. The van der Waals surface area contributed by atoms with Crippen LogP contribution in [0, 0.1) is 0 Å². The second-order valence-corrected chi connectivity index (χ2v) is 6.04. The van der Waals surface area contributed by atoms with Gasteiger partial charge in [-0.1, -0.05) is 30.3 Å². The van der Waals surface area contributed by atoms with Crippen LogP contribution in [0.3, 0.4) is 0 Å². The number of fused-ring (bicyclic) bond motifs is 3. The van der Waals surface area contributed by atoms with E-state index >= 15 is 0 Å². The van der Waals surface area contributed by atoms with Gasteiger partial charge < -0.3 is 18.9 Å². The molecule has 1 aliphatic rings. The summed E-state index contributed by atoms with van der Waals surface area (Å²) in [6.45, 7) is 0.554. The number of hydrogen-bond acceptors (Lipinski definition) is 5. The first kappa shape index (κ1) is 17.0. The maximum atomic E-state index is 11.9. The minimum absolute atomic E-state index is 0.0830. The van der Waals surface area contributed by atoms with Gasteiger partial charge in [-0.3, -0.25) is 0 Å². The van der Waals surface area contributed by atoms with E-state index < -0.39 is 5.97 Å². The van der Waals surface area contributed by atoms with Crippen LogP contribution in [0.5, 0.6) is 17.2 Å². The summed E-state index contributed by atoms with van der Waals surface area (Å²) in [5, 5.41) is 0. The van der Waals surface area contributed by atoms with Crippen LogP contribution >= 0.6 is 0 Å². The summed E-state index contributed by atoms with van der Waals surface area (Å²) >= 11 is 0. The lowest BCUT2D eigenvalue weighted by atomic mass is 10.0. The first-order valence-electron chi connectivity index (χ1n) is 8.54. The Bertz CT molecular complexity index is 966. The van der Waals surface area contributed by atoms with E-state index in [1.165, 1.54) is 7.11 Å². The number of carbonyl (C=O) groups excluding carboxylic acids is 1. The highest BCUT2D eigenvalue weighted by Gasteiger charge is 2.19. The number of hydrogen-bond donors (Lipinski definition) is 0. The van der Waals surface area contributed by atoms with E-state index in [1.807, 2.05) is 48.5 Å². The zero-order valence-corrected chi connectivity index (χ0v) is 14.8. The molecular weight excluding hydrogens is 344 g/mol. The highest BCUT2D eigenvalue weighted by atomic mass is 16.7. The molecule has 0 saturated carbocycles. The molecule has 0 amide bonds. The molecule has 1 heterocycles. The summed E-state index contributed by atoms with van der Waals surface area (Å²) in [5.74, 6) is 1.60. The van der Waals surface area contributed by atoms with Gasteiger partial charge in [0.2, 0.25) is 6.79 Å². The molecule has 0 fully saturated rings. The summed E-state index contributed by atoms with van der Waals surface area (Å²) in [6, 6.07) is 20.7. The van der Waals surface area contributed by atoms with Crippen molar-refractivity contribution in [2.24, 2.45) is 0 Å². The fraction of sp³-hybridized carbons (Fsp3) is 0.136. The summed E-state index contributed by atoms with van der Waals surface area (Å²) in [4.78, 5) is 11.9. The fourth-order valence-electron chi connectivity index (χ4n) is 2.94. The number of methoxy groups -OCH3 is 1. The van der Waals surface area contributed by atoms with Gasteiger partial charge in [-0.25, -0.2) is 4.79 Å². The third-order valence-corrected chi connectivity index (χ3v) is 4.32. The molecule has 0 spiro atoms. The van der Waals surface area contributed by atoms with Crippen molar-refractivity contribution in [3.63, 3.8) is 0 Å². The van der Waals surface area contributed by atoms with Crippen molar-refractivity contribution >= 4 is 5.97 Å². The van der Waals surface area contributed by atoms with Gasteiger partial charge in [0.1, 0.15) is 23.9 Å². The Morgan fingerprint density at radius 3 is 2.56 bits per heavy atom. The zero-order valence-electron chi connectivity index (χ0n) is 14.8. The molecule has 0 bridgehead atoms. The van der Waals surface area contributed by atoms with Crippen molar-refractivity contribution in [3.05, 3.63) is 77.9 Å². The van der Waals surface area contributed by atoms with E-state index in [4.69, 9.17) is 18.9 Å². The Morgan fingerprint density at radius 2 is 1.74 bits per heavy atom. The van der Waals surface area contributed by atoms with E-state index in [0.29, 0.717) is 29.4 Å². The Labute approximate surface area is 157 Å². The van der Waals surface area contributed by atoms with E-state index in [1.54, 1.807) is 18.2 Å². The topological polar surface area (TPSA) is 54.0 Å². The second kappa shape index (κ2) is 7.41. The molecule has 4 rings (SSSR count). The smallest absolute Gasteiger partial charge is 0.337 e. The molecule has 27 heavy (non-hydrogen) atoms. The van der Waals surface area contributed by atoms with Crippen LogP contribution < -0.4 is 14.2 Å². The lowest BCUT2D eigenvalue weighted by Crippen LogP contribution is -2.04. The van der Waals surface area contributed by atoms with E-state index in [-0.39, 0.29) is 6.79 Å². The molecule has 0 unspecified atom stereocenters. The summed E-state index contributed by atoms with van der Waals surface area (Å²) in [7, 11) is 1.36. The summed E-state index contributed by atoms with van der Waals surface area (Å²) < 4.78 is 22.1. The number of benzene rings is 3. The van der Waals surface area contributed by atoms with Crippen LogP contribution in [-0.2, 0) is 11.3 Å². The predicted molar refractivity (Wildman–Crippen MR) is 100 cm³/mol. The minimum atomic E-state index is -0.396. The van der Waals surface area contributed by atoms with Gasteiger partial charge in [0, 0.05) is 17.2 Å². The number of esters is 1. The maximum Gasteiger partial charge on any atom is 0.337 e. The number of carbonyl (C=O) groups is 1. The zero-order chi connectivity index (χ0) is 18.6. The molecule has 5 nitrogen and oxygen atoms in total. The first-order chi connectivity index (χ1) is 13.2. The third kappa shape index (κ3) is 3.58. The molecule has 5 heteroatoms. The van der Waals surface area contributed by atoms with Crippen molar-refractivity contribution < 1.29 is 23.7 Å². The Kier molecular flexibility index (Phi) is 4.66. The Hall–Kier alpha value is -3.47. The molecule has 1 aliphatic heterocycles. The van der Waals surface area contributed by atoms with Gasteiger partial charge in [0.25, 0.3) is 0 Å². The normalized spacial score (nSPS) is 11.9. The quantitative estimate of drug-likeness (QED) is 0.642. The van der Waals surface area contributed by atoms with Crippen LogP contribution in [0.1, 0.15) is 15.9 Å². The van der Waals surface area contributed by atoms with Crippen LogP contribution in [0.15, 0.2) is 66.7 Å². The lowest BCUT2D eigenvalue weighted by Gasteiger charge is -2.11. The molecule has 3 aromatic carbocycles. The van der Waals surface area contributed by atoms with Crippen molar-refractivity contribution in [2.45, 2.75) is 6.61 Å². The van der Waals surface area contributed by atoms with Crippen molar-refractivity contribution in [2.75, 3.05) is 13.9 Å². The highest BCUT2D eigenvalue weighted by Crippen LogP contribution is 2.41. The first-order valence-corrected chi connectivity index (χ1v) is 8.54. The Balaban J connectivity index is 1.64. The molecule has 3 aromatic rings. The van der Waals surface area contributed by atoms with Crippen molar-refractivity contribution in [3.8, 4) is 28.4 Å². The molecule has 0 aliphatic carbocycles. The molecule has 0 N–H and O–H groups in total. The van der Waals surface area contributed by atoms with Gasteiger partial charge in [0.05, 0.1) is 12.7 Å². The van der Waals surface area contributed by atoms with Crippen molar-refractivity contribution in [1.29, 1.82) is 0 Å². The average molecular weight is 362 g/mol. The predicted octanol–water partition coefficient (Wildman–Crippen LogP) is 4.45. The number of rotatable bonds is 4. The van der Waals surface area contributed by atoms with Crippen LogP contribution in [0.2, 0.25) is 0 Å². The standard InChI is InChI=1S/C22H18O5/c1-24-22(23)16-7-10-20-19(11-16)18-9-8-17(12-21(18)27-14-26-20)25-13-15-5-3-2-4-6-15/h2-12H,13-14H2,1H3. The van der Waals surface area contributed by atoms with Crippen molar-refractivity contribution in [1.82, 2.24) is 0 Å². The number of ether oxygens (including phenoxy) is 4. The van der Waals surface area contributed by atoms with Gasteiger partial charge in [-0.2, -0.15) is 0 Å². The lowest BCUT2D eigenvalue weighted by molar-refractivity contribution is 0.0600. The Morgan fingerprint density at radius 1 is 0.926 bits per heavy atom. The minimum Gasteiger partial charge on any atom is -0.489 e. The van der Waals surface area contributed by atoms with Gasteiger partial charge in [-0.15, -0.1) is 0 Å². The van der Waals surface area contributed by atoms with Crippen LogP contribution in [-0.4, -0.2) is 19.9 Å². The molecule has 0 saturated heterocycles. The molecule has 0 radical (unpaired) electrons. The van der Waals surface area contributed by atoms with Gasteiger partial charge >= 0.3 is 5.97 Å². The van der Waals surface area contributed by atoms with Gasteiger partial charge in [-0.05, 0) is 35.9 Å². The largest absolute Gasteiger partial charge is 0.489 e. The van der Waals surface area contributed by atoms with E-state index in [9.17, 15) is 4.79 Å². The molecule has 0 atom stereocenters. The van der Waals surface area contributed by atoms with E-state index in [2.05, 4.69) is 0 Å². The van der Waals surface area contributed by atoms with Crippen LogP contribution in [0.25, 0.3) is 11.1 Å². The molecule has 136 valence electrons.